The van der Waals surface area contributed by atoms with Gasteiger partial charge in [-0.2, -0.15) is 18.2 Å². The van der Waals surface area contributed by atoms with Crippen LogP contribution in [0.4, 0.5) is 13.2 Å². The molecular weight excluding hydrogens is 403 g/mol. The lowest BCUT2D eigenvalue weighted by atomic mass is 10.1. The van der Waals surface area contributed by atoms with Crippen molar-refractivity contribution in [2.24, 2.45) is 0 Å². The van der Waals surface area contributed by atoms with Crippen molar-refractivity contribution in [3.05, 3.63) is 60.3 Å². The molecule has 0 bridgehead atoms. The number of aryl methyl sites for hydroxylation is 1. The van der Waals surface area contributed by atoms with E-state index < -0.39 is 11.7 Å². The summed E-state index contributed by atoms with van der Waals surface area (Å²) in [5.74, 6) is 0.0925. The molecule has 29 heavy (non-hydrogen) atoms. The predicted octanol–water partition coefficient (Wildman–Crippen LogP) is 5.27. The zero-order chi connectivity index (χ0) is 20.4. The van der Waals surface area contributed by atoms with E-state index in [2.05, 4.69) is 24.9 Å². The van der Waals surface area contributed by atoms with Crippen molar-refractivity contribution in [1.29, 1.82) is 0 Å². The standard InChI is InChI=1S/C19H14F3N5OS/c1-2-13-15(19(20,21)22)14-16(25-13)26-18(29-12-6-4-8-24-10-12)27-17(14)28-11-5-3-7-23-9-11/h3-10H,2H2,1H3,(H,25,26,27). The van der Waals surface area contributed by atoms with Crippen LogP contribution in [0.25, 0.3) is 11.0 Å². The largest absolute Gasteiger partial charge is 0.437 e. The number of fused-ring (bicyclic) bond motifs is 1. The SMILES string of the molecule is CCc1[nH]c2nc(Sc3cccnc3)nc(Oc3cccnc3)c2c1C(F)(F)F. The van der Waals surface area contributed by atoms with Gasteiger partial charge in [-0.15, -0.1) is 0 Å². The number of hydrogen-bond acceptors (Lipinski definition) is 6. The number of nitrogens with one attached hydrogen (secondary N) is 1. The fraction of sp³-hybridized carbons (Fsp3) is 0.158. The van der Waals surface area contributed by atoms with E-state index in [1.54, 1.807) is 49.8 Å². The van der Waals surface area contributed by atoms with Gasteiger partial charge in [0.2, 0.25) is 5.88 Å². The van der Waals surface area contributed by atoms with Crippen molar-refractivity contribution in [3.63, 3.8) is 0 Å². The van der Waals surface area contributed by atoms with Crippen LogP contribution in [0.2, 0.25) is 0 Å². The molecule has 0 fully saturated rings. The molecule has 0 unspecified atom stereocenters. The summed E-state index contributed by atoms with van der Waals surface area (Å²) < 4.78 is 47.1. The van der Waals surface area contributed by atoms with Gasteiger partial charge in [0.15, 0.2) is 5.16 Å². The normalized spacial score (nSPS) is 11.7. The number of nitrogens with zero attached hydrogens (tertiary/aromatic N) is 4. The molecule has 0 aromatic carbocycles. The molecule has 0 aliphatic heterocycles. The zero-order valence-corrected chi connectivity index (χ0v) is 15.9. The van der Waals surface area contributed by atoms with E-state index >= 15 is 0 Å². The first-order valence-corrected chi connectivity index (χ1v) is 9.43. The minimum absolute atomic E-state index is 0.0290. The molecule has 0 radical (unpaired) electrons. The number of H-pyrrole nitrogens is 1. The van der Waals surface area contributed by atoms with Crippen molar-refractivity contribution in [2.75, 3.05) is 0 Å². The van der Waals surface area contributed by atoms with Gasteiger partial charge in [-0.05, 0) is 42.4 Å². The Morgan fingerprint density at radius 3 is 2.45 bits per heavy atom. The Hall–Kier alpha value is -3.14. The number of halogens is 3. The number of aromatic nitrogens is 5. The monoisotopic (exact) mass is 417 g/mol. The van der Waals surface area contributed by atoms with Gasteiger partial charge in [-0.1, -0.05) is 6.92 Å². The fourth-order valence-electron chi connectivity index (χ4n) is 2.82. The maximum absolute atomic E-state index is 13.8. The molecule has 0 saturated heterocycles. The second-order valence-electron chi connectivity index (χ2n) is 5.95. The minimum atomic E-state index is -4.59. The molecule has 0 amide bonds. The lowest BCUT2D eigenvalue weighted by molar-refractivity contribution is -0.136. The topological polar surface area (TPSA) is 76.6 Å². The zero-order valence-electron chi connectivity index (χ0n) is 15.1. The fourth-order valence-corrected chi connectivity index (χ4v) is 3.56. The Kier molecular flexibility index (Phi) is 5.10. The summed E-state index contributed by atoms with van der Waals surface area (Å²) in [5, 5.41) is 0.0377. The Morgan fingerprint density at radius 2 is 1.83 bits per heavy atom. The first kappa shape index (κ1) is 19.2. The van der Waals surface area contributed by atoms with E-state index in [1.807, 2.05) is 0 Å². The molecule has 1 N–H and O–H groups in total. The first-order valence-electron chi connectivity index (χ1n) is 8.61. The van der Waals surface area contributed by atoms with Crippen LogP contribution >= 0.6 is 11.8 Å². The van der Waals surface area contributed by atoms with E-state index in [-0.39, 0.29) is 39.9 Å². The molecule has 0 aliphatic rings. The lowest BCUT2D eigenvalue weighted by Gasteiger charge is -2.11. The van der Waals surface area contributed by atoms with Gasteiger partial charge in [0.25, 0.3) is 0 Å². The van der Waals surface area contributed by atoms with Crippen LogP contribution in [0, 0.1) is 0 Å². The Morgan fingerprint density at radius 1 is 1.07 bits per heavy atom. The Labute approximate surface area is 167 Å². The predicted molar refractivity (Wildman–Crippen MR) is 101 cm³/mol. The number of rotatable bonds is 5. The Bertz CT molecular complexity index is 1130. The highest BCUT2D eigenvalue weighted by atomic mass is 32.2. The molecule has 0 atom stereocenters. The van der Waals surface area contributed by atoms with Crippen molar-refractivity contribution >= 4 is 22.8 Å². The molecule has 0 aliphatic carbocycles. The van der Waals surface area contributed by atoms with Crippen LogP contribution < -0.4 is 4.74 Å². The quantitative estimate of drug-likeness (QED) is 0.446. The van der Waals surface area contributed by atoms with Gasteiger partial charge in [0.05, 0.1) is 17.1 Å². The van der Waals surface area contributed by atoms with E-state index in [0.717, 1.165) is 4.90 Å². The molecule has 148 valence electrons. The minimum Gasteiger partial charge on any atom is -0.437 e. The van der Waals surface area contributed by atoms with E-state index in [4.69, 9.17) is 4.74 Å². The van der Waals surface area contributed by atoms with Gasteiger partial charge in [-0.3, -0.25) is 9.97 Å². The molecule has 6 nitrogen and oxygen atoms in total. The Balaban J connectivity index is 1.90. The van der Waals surface area contributed by atoms with Gasteiger partial charge >= 0.3 is 6.18 Å². The highest BCUT2D eigenvalue weighted by Gasteiger charge is 2.39. The van der Waals surface area contributed by atoms with Crippen molar-refractivity contribution < 1.29 is 17.9 Å². The van der Waals surface area contributed by atoms with Crippen LogP contribution in [-0.2, 0) is 12.6 Å². The van der Waals surface area contributed by atoms with Crippen LogP contribution in [0.5, 0.6) is 11.6 Å². The third kappa shape index (κ3) is 4.02. The van der Waals surface area contributed by atoms with Crippen LogP contribution in [0.1, 0.15) is 18.2 Å². The third-order valence-electron chi connectivity index (χ3n) is 4.01. The molecule has 0 saturated carbocycles. The number of aromatic amines is 1. The second-order valence-corrected chi connectivity index (χ2v) is 6.99. The van der Waals surface area contributed by atoms with Crippen molar-refractivity contribution in [2.45, 2.75) is 29.6 Å². The molecule has 0 spiro atoms. The van der Waals surface area contributed by atoms with E-state index in [1.165, 1.54) is 18.0 Å². The number of pyridine rings is 2. The lowest BCUT2D eigenvalue weighted by Crippen LogP contribution is -2.08. The smallest absolute Gasteiger partial charge is 0.418 e. The maximum atomic E-state index is 13.8. The van der Waals surface area contributed by atoms with Crippen LogP contribution in [0.15, 0.2) is 59.1 Å². The molecular formula is C19H14F3N5OS. The maximum Gasteiger partial charge on any atom is 0.418 e. The number of alkyl halides is 3. The van der Waals surface area contributed by atoms with Gasteiger partial charge in [0, 0.05) is 29.2 Å². The summed E-state index contributed by atoms with van der Waals surface area (Å²) in [7, 11) is 0. The summed E-state index contributed by atoms with van der Waals surface area (Å²) in [4.78, 5) is 20.0. The molecule has 4 heterocycles. The summed E-state index contributed by atoms with van der Waals surface area (Å²) >= 11 is 1.18. The van der Waals surface area contributed by atoms with E-state index in [0.29, 0.717) is 0 Å². The van der Waals surface area contributed by atoms with E-state index in [9.17, 15) is 13.2 Å². The highest BCUT2D eigenvalue weighted by Crippen LogP contribution is 2.42. The van der Waals surface area contributed by atoms with Crippen LogP contribution in [0.3, 0.4) is 0 Å². The second kappa shape index (κ2) is 7.70. The summed E-state index contributed by atoms with van der Waals surface area (Å²) in [6.45, 7) is 1.64. The average Bonchev–Trinajstić information content (AvgIpc) is 3.09. The van der Waals surface area contributed by atoms with Crippen molar-refractivity contribution in [1.82, 2.24) is 24.9 Å². The van der Waals surface area contributed by atoms with Gasteiger partial charge < -0.3 is 9.72 Å². The third-order valence-corrected chi connectivity index (χ3v) is 4.85. The highest BCUT2D eigenvalue weighted by molar-refractivity contribution is 7.99. The molecule has 4 rings (SSSR count). The summed E-state index contributed by atoms with van der Waals surface area (Å²) in [6.07, 6.45) is 1.76. The van der Waals surface area contributed by atoms with Gasteiger partial charge in [-0.25, -0.2) is 4.98 Å². The number of hydrogen-bond donors (Lipinski definition) is 1. The van der Waals surface area contributed by atoms with Gasteiger partial charge in [0.1, 0.15) is 11.4 Å². The average molecular weight is 417 g/mol. The molecule has 4 aromatic heterocycles. The molecule has 10 heteroatoms. The summed E-state index contributed by atoms with van der Waals surface area (Å²) in [5.41, 5.74) is -0.720. The van der Waals surface area contributed by atoms with Crippen LogP contribution in [-0.4, -0.2) is 24.9 Å². The molecule has 4 aromatic rings. The number of ether oxygens (including phenoxy) is 1. The summed E-state index contributed by atoms with van der Waals surface area (Å²) in [6, 6.07) is 6.77. The first-order chi connectivity index (χ1) is 14.0. The van der Waals surface area contributed by atoms with Crippen molar-refractivity contribution in [3.8, 4) is 11.6 Å².